The number of hydrogen-bond donors (Lipinski definition) is 1. The highest BCUT2D eigenvalue weighted by molar-refractivity contribution is 5.78. The Morgan fingerprint density at radius 1 is 0.818 bits per heavy atom. The Balaban J connectivity index is 2.21. The maximum absolute atomic E-state index is 9.42. The average Bonchev–Trinajstić information content (AvgIpc) is 2.99. The van der Waals surface area contributed by atoms with Crippen molar-refractivity contribution in [3.05, 3.63) is 71.3 Å². The Kier molecular flexibility index (Phi) is 3.48. The summed E-state index contributed by atoms with van der Waals surface area (Å²) in [5, 5.41) is 18.7. The highest BCUT2D eigenvalue weighted by atomic mass is 14.7. The second-order valence-electron chi connectivity index (χ2n) is 5.06. The molecule has 1 heterocycles. The zero-order chi connectivity index (χ0) is 15.5. The molecule has 104 valence electrons. The van der Waals surface area contributed by atoms with Crippen molar-refractivity contribution in [2.45, 2.75) is 6.92 Å². The van der Waals surface area contributed by atoms with E-state index in [0.29, 0.717) is 16.8 Å². The molecule has 0 amide bonds. The zero-order valence-electron chi connectivity index (χ0n) is 12.1. The topological polar surface area (TPSA) is 63.4 Å². The van der Waals surface area contributed by atoms with Gasteiger partial charge in [-0.3, -0.25) is 0 Å². The number of hydrogen-bond acceptors (Lipinski definition) is 2. The van der Waals surface area contributed by atoms with Crippen molar-refractivity contribution in [3.8, 4) is 34.7 Å². The Labute approximate surface area is 129 Å². The summed E-state index contributed by atoms with van der Waals surface area (Å²) >= 11 is 0. The van der Waals surface area contributed by atoms with Crippen LogP contribution in [0.5, 0.6) is 0 Å². The Hall–Kier alpha value is -3.30. The lowest BCUT2D eigenvalue weighted by Crippen LogP contribution is -1.87. The van der Waals surface area contributed by atoms with Crippen molar-refractivity contribution in [3.63, 3.8) is 0 Å². The predicted octanol–water partition coefficient (Wildman–Crippen LogP) is 4.40. The van der Waals surface area contributed by atoms with Crippen molar-refractivity contribution in [1.82, 2.24) is 4.98 Å². The van der Waals surface area contributed by atoms with Crippen LogP contribution in [0.2, 0.25) is 0 Å². The Morgan fingerprint density at radius 2 is 1.45 bits per heavy atom. The summed E-state index contributed by atoms with van der Waals surface area (Å²) < 4.78 is 0. The molecule has 0 fully saturated rings. The summed E-state index contributed by atoms with van der Waals surface area (Å²) in [5.41, 5.74) is 5.61. The number of nitriles is 2. The van der Waals surface area contributed by atoms with Gasteiger partial charge in [-0.05, 0) is 24.6 Å². The number of nitrogens with zero attached hydrogens (tertiary/aromatic N) is 2. The van der Waals surface area contributed by atoms with Crippen LogP contribution in [0.1, 0.15) is 16.7 Å². The smallest absolute Gasteiger partial charge is 0.101 e. The Bertz CT molecular complexity index is 920. The molecule has 0 atom stereocenters. The van der Waals surface area contributed by atoms with Gasteiger partial charge in [-0.1, -0.05) is 42.5 Å². The van der Waals surface area contributed by atoms with Crippen molar-refractivity contribution in [1.29, 1.82) is 10.5 Å². The molecule has 0 unspecified atom stereocenters. The maximum Gasteiger partial charge on any atom is 0.101 e. The molecule has 3 nitrogen and oxygen atoms in total. The first-order valence-electron chi connectivity index (χ1n) is 6.93. The van der Waals surface area contributed by atoms with Crippen LogP contribution in [-0.2, 0) is 0 Å². The SMILES string of the molecule is Cc1ccccc1-c1cc(C#N)c(-c2ccccc2C#N)[nH]1. The molecule has 3 aromatic rings. The minimum absolute atomic E-state index is 0.543. The molecule has 2 aromatic carbocycles. The number of nitrogens with one attached hydrogen (secondary N) is 1. The van der Waals surface area contributed by atoms with Gasteiger partial charge in [0.05, 0.1) is 22.9 Å². The van der Waals surface area contributed by atoms with Gasteiger partial charge in [0.1, 0.15) is 6.07 Å². The van der Waals surface area contributed by atoms with E-state index < -0.39 is 0 Å². The van der Waals surface area contributed by atoms with Gasteiger partial charge < -0.3 is 4.98 Å². The van der Waals surface area contributed by atoms with E-state index in [-0.39, 0.29) is 0 Å². The summed E-state index contributed by atoms with van der Waals surface area (Å²) in [6, 6.07) is 21.5. The number of aromatic nitrogens is 1. The first kappa shape index (κ1) is 13.7. The molecule has 0 bridgehead atoms. The number of aromatic amines is 1. The van der Waals surface area contributed by atoms with E-state index >= 15 is 0 Å². The van der Waals surface area contributed by atoms with Gasteiger partial charge >= 0.3 is 0 Å². The third-order valence-electron chi connectivity index (χ3n) is 3.69. The minimum atomic E-state index is 0.543. The van der Waals surface area contributed by atoms with Gasteiger partial charge in [0.15, 0.2) is 0 Å². The van der Waals surface area contributed by atoms with Crippen LogP contribution >= 0.6 is 0 Å². The number of rotatable bonds is 2. The number of H-pyrrole nitrogens is 1. The molecule has 0 saturated heterocycles. The summed E-state index contributed by atoms with van der Waals surface area (Å²) in [5.74, 6) is 0. The summed E-state index contributed by atoms with van der Waals surface area (Å²) in [7, 11) is 0. The molecule has 0 aliphatic heterocycles. The van der Waals surface area contributed by atoms with Gasteiger partial charge in [-0.2, -0.15) is 10.5 Å². The van der Waals surface area contributed by atoms with Crippen LogP contribution in [0.15, 0.2) is 54.6 Å². The summed E-state index contributed by atoms with van der Waals surface area (Å²) in [6.45, 7) is 2.03. The average molecular weight is 283 g/mol. The first-order valence-corrected chi connectivity index (χ1v) is 6.93. The molecule has 0 aliphatic rings. The van der Waals surface area contributed by atoms with Gasteiger partial charge in [0.2, 0.25) is 0 Å². The summed E-state index contributed by atoms with van der Waals surface area (Å²) in [4.78, 5) is 3.31. The lowest BCUT2D eigenvalue weighted by atomic mass is 10.0. The van der Waals surface area contributed by atoms with Gasteiger partial charge in [-0.15, -0.1) is 0 Å². The van der Waals surface area contributed by atoms with Gasteiger partial charge in [0.25, 0.3) is 0 Å². The molecule has 0 saturated carbocycles. The van der Waals surface area contributed by atoms with Crippen LogP contribution in [-0.4, -0.2) is 4.98 Å². The third kappa shape index (κ3) is 2.26. The fourth-order valence-electron chi connectivity index (χ4n) is 2.57. The normalized spacial score (nSPS) is 9.95. The molecular formula is C19H13N3. The molecule has 1 aromatic heterocycles. The first-order chi connectivity index (χ1) is 10.7. The summed E-state index contributed by atoms with van der Waals surface area (Å²) in [6.07, 6.45) is 0. The van der Waals surface area contributed by atoms with Crippen molar-refractivity contribution in [2.75, 3.05) is 0 Å². The maximum atomic E-state index is 9.42. The largest absolute Gasteiger partial charge is 0.353 e. The van der Waals surface area contributed by atoms with E-state index in [1.54, 1.807) is 6.07 Å². The molecule has 3 heteroatoms. The highest BCUT2D eigenvalue weighted by Gasteiger charge is 2.14. The zero-order valence-corrected chi connectivity index (χ0v) is 12.1. The predicted molar refractivity (Wildman–Crippen MR) is 85.8 cm³/mol. The van der Waals surface area contributed by atoms with Crippen LogP contribution in [0, 0.1) is 29.6 Å². The standard InChI is InChI=1S/C19H13N3/c1-13-6-2-4-8-16(13)18-10-15(12-21)19(22-18)17-9-5-3-7-14(17)11-20/h2-10,22H,1H3. The van der Waals surface area contributed by atoms with Crippen molar-refractivity contribution >= 4 is 0 Å². The number of aryl methyl sites for hydroxylation is 1. The minimum Gasteiger partial charge on any atom is -0.353 e. The van der Waals surface area contributed by atoms with E-state index in [9.17, 15) is 10.5 Å². The Morgan fingerprint density at radius 3 is 2.14 bits per heavy atom. The molecule has 0 radical (unpaired) electrons. The quantitative estimate of drug-likeness (QED) is 0.757. The molecule has 0 spiro atoms. The van der Waals surface area contributed by atoms with E-state index in [0.717, 1.165) is 22.4 Å². The van der Waals surface area contributed by atoms with Crippen LogP contribution in [0.4, 0.5) is 0 Å². The van der Waals surface area contributed by atoms with Gasteiger partial charge in [0, 0.05) is 16.8 Å². The van der Waals surface area contributed by atoms with E-state index in [1.165, 1.54) is 0 Å². The number of benzene rings is 2. The molecular weight excluding hydrogens is 270 g/mol. The van der Waals surface area contributed by atoms with Crippen LogP contribution in [0.3, 0.4) is 0 Å². The molecule has 0 aliphatic carbocycles. The lowest BCUT2D eigenvalue weighted by Gasteiger charge is -2.04. The second kappa shape index (κ2) is 5.60. The van der Waals surface area contributed by atoms with Gasteiger partial charge in [-0.25, -0.2) is 0 Å². The molecule has 22 heavy (non-hydrogen) atoms. The monoisotopic (exact) mass is 283 g/mol. The third-order valence-corrected chi connectivity index (χ3v) is 3.69. The second-order valence-corrected chi connectivity index (χ2v) is 5.06. The van der Waals surface area contributed by atoms with Crippen molar-refractivity contribution in [2.24, 2.45) is 0 Å². The van der Waals surface area contributed by atoms with Crippen molar-refractivity contribution < 1.29 is 0 Å². The van der Waals surface area contributed by atoms with E-state index in [1.807, 2.05) is 55.5 Å². The molecule has 1 N–H and O–H groups in total. The van der Waals surface area contributed by atoms with E-state index in [2.05, 4.69) is 17.1 Å². The van der Waals surface area contributed by atoms with Crippen LogP contribution < -0.4 is 0 Å². The fourth-order valence-corrected chi connectivity index (χ4v) is 2.57. The lowest BCUT2D eigenvalue weighted by molar-refractivity contribution is 1.35. The molecule has 3 rings (SSSR count). The van der Waals surface area contributed by atoms with E-state index in [4.69, 9.17) is 0 Å². The highest BCUT2D eigenvalue weighted by Crippen LogP contribution is 2.31. The van der Waals surface area contributed by atoms with Crippen LogP contribution in [0.25, 0.3) is 22.5 Å². The fraction of sp³-hybridized carbons (Fsp3) is 0.0526.